The topological polar surface area (TPSA) is 26.0 Å². The summed E-state index contributed by atoms with van der Waals surface area (Å²) in [5.41, 5.74) is 7.81. The van der Waals surface area contributed by atoms with E-state index in [1.54, 1.807) is 6.07 Å². The molecule has 15 heavy (non-hydrogen) atoms. The molecule has 1 aliphatic carbocycles. The Labute approximate surface area is 93.7 Å². The van der Waals surface area contributed by atoms with Gasteiger partial charge in [0.15, 0.2) is 0 Å². The molecule has 1 fully saturated rings. The molecule has 1 aliphatic rings. The molecule has 1 aromatic rings. The summed E-state index contributed by atoms with van der Waals surface area (Å²) in [7, 11) is 0. The maximum atomic E-state index is 13.0. The summed E-state index contributed by atoms with van der Waals surface area (Å²) in [6, 6.07) is 4.66. The molecule has 1 atom stereocenters. The molecule has 1 nitrogen and oxygen atoms in total. The molecular weight excluding hydrogens is 213 g/mol. The minimum atomic E-state index is -0.256. The molecular formula is C12H13ClFN. The highest BCUT2D eigenvalue weighted by Crippen LogP contribution is 2.28. The van der Waals surface area contributed by atoms with E-state index in [0.717, 1.165) is 24.8 Å². The third-order valence-electron chi connectivity index (χ3n) is 2.68. The molecule has 1 aromatic carbocycles. The number of benzene rings is 1. The van der Waals surface area contributed by atoms with Gasteiger partial charge in [0.25, 0.3) is 0 Å². The van der Waals surface area contributed by atoms with Crippen LogP contribution in [0, 0.1) is 5.82 Å². The van der Waals surface area contributed by atoms with E-state index in [1.807, 2.05) is 6.08 Å². The number of hydrogen-bond acceptors (Lipinski definition) is 1. The molecule has 1 saturated carbocycles. The highest BCUT2D eigenvalue weighted by atomic mass is 35.5. The first-order chi connectivity index (χ1) is 7.15. The summed E-state index contributed by atoms with van der Waals surface area (Å²) >= 11 is 5.97. The Morgan fingerprint density at radius 1 is 1.47 bits per heavy atom. The molecule has 2 rings (SSSR count). The van der Waals surface area contributed by atoms with Crippen LogP contribution in [-0.4, -0.2) is 6.04 Å². The van der Waals surface area contributed by atoms with Gasteiger partial charge in [-0.15, -0.1) is 0 Å². The minimum Gasteiger partial charge on any atom is -0.327 e. The van der Waals surface area contributed by atoms with Crippen LogP contribution in [-0.2, 0) is 0 Å². The molecule has 0 heterocycles. The van der Waals surface area contributed by atoms with Crippen LogP contribution < -0.4 is 5.73 Å². The zero-order valence-corrected chi connectivity index (χ0v) is 9.10. The van der Waals surface area contributed by atoms with Crippen LogP contribution in [0.5, 0.6) is 0 Å². The summed E-state index contributed by atoms with van der Waals surface area (Å²) in [6.45, 7) is 0. The largest absolute Gasteiger partial charge is 0.327 e. The van der Waals surface area contributed by atoms with Crippen molar-refractivity contribution in [2.75, 3.05) is 0 Å². The van der Waals surface area contributed by atoms with Crippen LogP contribution in [0.3, 0.4) is 0 Å². The van der Waals surface area contributed by atoms with Crippen molar-refractivity contribution in [1.29, 1.82) is 0 Å². The molecule has 2 N–H and O–H groups in total. The molecule has 0 spiro atoms. The van der Waals surface area contributed by atoms with Crippen molar-refractivity contribution >= 4 is 17.7 Å². The Kier molecular flexibility index (Phi) is 3.08. The molecule has 0 bridgehead atoms. The van der Waals surface area contributed by atoms with E-state index in [4.69, 9.17) is 17.3 Å². The van der Waals surface area contributed by atoms with E-state index >= 15 is 0 Å². The Hall–Kier alpha value is -0.860. The maximum absolute atomic E-state index is 13.0. The number of rotatable bonds is 1. The smallest absolute Gasteiger partial charge is 0.123 e. The van der Waals surface area contributed by atoms with E-state index in [1.165, 1.54) is 17.7 Å². The van der Waals surface area contributed by atoms with Crippen LogP contribution in [0.15, 0.2) is 23.8 Å². The SMILES string of the molecule is NC1CC/C(=C/c2cc(F)ccc2Cl)C1. The first kappa shape index (κ1) is 10.7. The Balaban J connectivity index is 2.26. The van der Waals surface area contributed by atoms with Crippen molar-refractivity contribution in [3.05, 3.63) is 40.2 Å². The molecule has 0 radical (unpaired) electrons. The van der Waals surface area contributed by atoms with Gasteiger partial charge in [-0.3, -0.25) is 0 Å². The van der Waals surface area contributed by atoms with Gasteiger partial charge in [0.05, 0.1) is 0 Å². The lowest BCUT2D eigenvalue weighted by molar-refractivity contribution is 0.627. The number of hydrogen-bond donors (Lipinski definition) is 1. The highest BCUT2D eigenvalue weighted by molar-refractivity contribution is 6.32. The first-order valence-corrected chi connectivity index (χ1v) is 5.43. The van der Waals surface area contributed by atoms with Gasteiger partial charge in [0, 0.05) is 11.1 Å². The van der Waals surface area contributed by atoms with Crippen LogP contribution in [0.25, 0.3) is 6.08 Å². The van der Waals surface area contributed by atoms with Crippen molar-refractivity contribution in [3.8, 4) is 0 Å². The fourth-order valence-electron chi connectivity index (χ4n) is 1.89. The van der Waals surface area contributed by atoms with Crippen LogP contribution in [0.1, 0.15) is 24.8 Å². The average molecular weight is 226 g/mol. The predicted octanol–water partition coefficient (Wildman–Crippen LogP) is 3.37. The molecule has 0 saturated heterocycles. The summed E-state index contributed by atoms with van der Waals surface area (Å²) in [5, 5.41) is 0.587. The van der Waals surface area contributed by atoms with Gasteiger partial charge in [-0.05, 0) is 43.0 Å². The van der Waals surface area contributed by atoms with Gasteiger partial charge in [-0.1, -0.05) is 23.3 Å². The summed E-state index contributed by atoms with van der Waals surface area (Å²) in [4.78, 5) is 0. The summed E-state index contributed by atoms with van der Waals surface area (Å²) in [5.74, 6) is -0.256. The standard InChI is InChI=1S/C12H13ClFN/c13-12-4-2-10(14)7-9(12)5-8-1-3-11(15)6-8/h2,4-5,7,11H,1,3,6,15H2/b8-5-. The van der Waals surface area contributed by atoms with Crippen LogP contribution in [0.4, 0.5) is 4.39 Å². The zero-order valence-electron chi connectivity index (χ0n) is 8.34. The lowest BCUT2D eigenvalue weighted by Gasteiger charge is -2.01. The van der Waals surface area contributed by atoms with Gasteiger partial charge in [0.1, 0.15) is 5.82 Å². The zero-order chi connectivity index (χ0) is 10.8. The second-order valence-electron chi connectivity index (χ2n) is 3.97. The lowest BCUT2D eigenvalue weighted by atomic mass is 10.1. The number of halogens is 2. The van der Waals surface area contributed by atoms with E-state index in [9.17, 15) is 4.39 Å². The minimum absolute atomic E-state index is 0.253. The van der Waals surface area contributed by atoms with Gasteiger partial charge >= 0.3 is 0 Å². The fourth-order valence-corrected chi connectivity index (χ4v) is 2.06. The lowest BCUT2D eigenvalue weighted by Crippen LogP contribution is -2.13. The molecule has 3 heteroatoms. The van der Waals surface area contributed by atoms with E-state index in [0.29, 0.717) is 5.02 Å². The van der Waals surface area contributed by atoms with Crippen molar-refractivity contribution < 1.29 is 4.39 Å². The molecule has 0 aliphatic heterocycles. The number of nitrogens with two attached hydrogens (primary N) is 1. The molecule has 80 valence electrons. The molecule has 0 aromatic heterocycles. The molecule has 1 unspecified atom stereocenters. The maximum Gasteiger partial charge on any atom is 0.123 e. The second kappa shape index (κ2) is 4.33. The first-order valence-electron chi connectivity index (χ1n) is 5.05. The van der Waals surface area contributed by atoms with Gasteiger partial charge in [-0.25, -0.2) is 4.39 Å². The Bertz CT molecular complexity index is 401. The Morgan fingerprint density at radius 2 is 2.27 bits per heavy atom. The Morgan fingerprint density at radius 3 is 2.93 bits per heavy atom. The quantitative estimate of drug-likeness (QED) is 0.779. The van der Waals surface area contributed by atoms with Crippen LogP contribution >= 0.6 is 11.6 Å². The third kappa shape index (κ3) is 2.58. The molecule has 0 amide bonds. The van der Waals surface area contributed by atoms with E-state index in [-0.39, 0.29) is 11.9 Å². The van der Waals surface area contributed by atoms with Crippen molar-refractivity contribution in [2.24, 2.45) is 5.73 Å². The van der Waals surface area contributed by atoms with Crippen molar-refractivity contribution in [1.82, 2.24) is 0 Å². The average Bonchev–Trinajstić information content (AvgIpc) is 2.58. The van der Waals surface area contributed by atoms with Crippen LogP contribution in [0.2, 0.25) is 5.02 Å². The van der Waals surface area contributed by atoms with Gasteiger partial charge in [-0.2, -0.15) is 0 Å². The van der Waals surface area contributed by atoms with Gasteiger partial charge in [0.2, 0.25) is 0 Å². The monoisotopic (exact) mass is 225 g/mol. The highest BCUT2D eigenvalue weighted by Gasteiger charge is 2.15. The summed E-state index contributed by atoms with van der Waals surface area (Å²) in [6.07, 6.45) is 4.86. The second-order valence-corrected chi connectivity index (χ2v) is 4.38. The van der Waals surface area contributed by atoms with Crippen molar-refractivity contribution in [3.63, 3.8) is 0 Å². The van der Waals surface area contributed by atoms with Gasteiger partial charge < -0.3 is 5.73 Å². The predicted molar refractivity (Wildman–Crippen MR) is 61.2 cm³/mol. The van der Waals surface area contributed by atoms with E-state index in [2.05, 4.69) is 0 Å². The fraction of sp³-hybridized carbons (Fsp3) is 0.333. The van der Waals surface area contributed by atoms with E-state index < -0.39 is 0 Å². The third-order valence-corrected chi connectivity index (χ3v) is 3.02. The summed E-state index contributed by atoms with van der Waals surface area (Å²) < 4.78 is 13.0. The van der Waals surface area contributed by atoms with Crippen molar-refractivity contribution in [2.45, 2.75) is 25.3 Å². The normalized spacial score (nSPS) is 23.7.